The predicted molar refractivity (Wildman–Crippen MR) is 274 cm³/mol. The summed E-state index contributed by atoms with van der Waals surface area (Å²) in [7, 11) is -5.25. The lowest BCUT2D eigenvalue weighted by molar-refractivity contribution is 0.261. The summed E-state index contributed by atoms with van der Waals surface area (Å²) in [5.74, 6) is 0.764. The third-order valence-corrected chi connectivity index (χ3v) is 14.7. The number of rotatable bonds is 16. The van der Waals surface area contributed by atoms with E-state index >= 15 is 0 Å². The van der Waals surface area contributed by atoms with Gasteiger partial charge in [0.2, 0.25) is 0 Å². The van der Waals surface area contributed by atoms with Gasteiger partial charge in [-0.2, -0.15) is 0 Å². The minimum Gasteiger partial charge on any atom is -0.495 e. The van der Waals surface area contributed by atoms with Crippen LogP contribution in [0.1, 0.15) is 49.7 Å². The van der Waals surface area contributed by atoms with E-state index in [1.165, 1.54) is 26.4 Å². The Hall–Kier alpha value is -7.44. The van der Waals surface area contributed by atoms with E-state index < -0.39 is 32.1 Å². The molecule has 16 nitrogen and oxygen atoms in total. The summed E-state index contributed by atoms with van der Waals surface area (Å²) in [5, 5.41) is 11.2. The average molecular weight is 973 g/mol. The van der Waals surface area contributed by atoms with Crippen LogP contribution in [0.2, 0.25) is 0 Å². The van der Waals surface area contributed by atoms with Crippen molar-refractivity contribution in [1.82, 2.24) is 0 Å². The second-order valence-electron chi connectivity index (χ2n) is 16.8. The minimum absolute atomic E-state index is 0.0432. The molecular weight excluding hydrogens is 917 g/mol. The van der Waals surface area contributed by atoms with Gasteiger partial charge >= 0.3 is 12.1 Å². The summed E-state index contributed by atoms with van der Waals surface area (Å²) < 4.78 is 71.8. The van der Waals surface area contributed by atoms with Crippen molar-refractivity contribution in [2.24, 2.45) is 0 Å². The summed E-state index contributed by atoms with van der Waals surface area (Å²) in [4.78, 5) is 30.6. The maximum absolute atomic E-state index is 13.9. The van der Waals surface area contributed by atoms with E-state index in [0.29, 0.717) is 63.4 Å². The fraction of sp³-hybridized carbons (Fsp3) is 0.255. The number of benzene rings is 6. The highest BCUT2D eigenvalue weighted by Crippen LogP contribution is 2.36. The van der Waals surface area contributed by atoms with Crippen molar-refractivity contribution in [3.8, 4) is 11.5 Å². The molecule has 2 saturated heterocycles. The average Bonchev–Trinajstić information content (AvgIpc) is 3.36. The van der Waals surface area contributed by atoms with E-state index in [9.17, 15) is 26.4 Å². The highest BCUT2D eigenvalue weighted by molar-refractivity contribution is 7.93. The lowest BCUT2D eigenvalue weighted by Crippen LogP contribution is -2.31. The second kappa shape index (κ2) is 21.7. The number of methoxy groups -OCH3 is 2. The zero-order valence-corrected chi connectivity index (χ0v) is 40.1. The Labute approximate surface area is 403 Å². The molecule has 0 aliphatic carbocycles. The van der Waals surface area contributed by atoms with Crippen LogP contribution in [0.25, 0.3) is 0 Å². The fourth-order valence-electron chi connectivity index (χ4n) is 8.50. The van der Waals surface area contributed by atoms with E-state index in [1.54, 1.807) is 97.1 Å². The molecule has 0 spiro atoms. The van der Waals surface area contributed by atoms with Gasteiger partial charge in [-0.25, -0.2) is 26.4 Å². The molecule has 8 rings (SSSR count). The number of carbonyl (C=O) groups is 2. The summed E-state index contributed by atoms with van der Waals surface area (Å²) >= 11 is 0. The third kappa shape index (κ3) is 12.2. The van der Waals surface area contributed by atoms with Crippen LogP contribution in [-0.2, 0) is 26.5 Å². The molecule has 2 aliphatic heterocycles. The molecule has 0 atom stereocenters. The molecule has 18 heteroatoms. The number of nitrogens with zero attached hydrogens (tertiary/aromatic N) is 2. The first-order valence-electron chi connectivity index (χ1n) is 22.8. The maximum atomic E-state index is 13.9. The molecule has 6 aromatic rings. The molecule has 0 unspecified atom stereocenters. The van der Waals surface area contributed by atoms with Crippen molar-refractivity contribution in [3.63, 3.8) is 0 Å². The first-order chi connectivity index (χ1) is 33.4. The minimum atomic E-state index is -4.10. The number of sulfonamides is 2. The Morgan fingerprint density at radius 2 is 0.812 bits per heavy atom. The van der Waals surface area contributed by atoms with E-state index in [0.717, 1.165) is 75.8 Å². The number of carbonyl (C=O) groups excluding carboxylic acids is 2. The summed E-state index contributed by atoms with van der Waals surface area (Å²) in [6, 6.07) is 37.0. The number of anilines is 8. The van der Waals surface area contributed by atoms with Crippen LogP contribution >= 0.6 is 0 Å². The Kier molecular flexibility index (Phi) is 15.1. The van der Waals surface area contributed by atoms with Gasteiger partial charge in [-0.15, -0.1) is 0 Å². The van der Waals surface area contributed by atoms with E-state index in [4.69, 9.17) is 9.47 Å². The van der Waals surface area contributed by atoms with Crippen LogP contribution in [0.4, 0.5) is 55.1 Å². The van der Waals surface area contributed by atoms with Gasteiger partial charge in [-0.05, 0) is 141 Å². The van der Waals surface area contributed by atoms with Gasteiger partial charge in [-0.1, -0.05) is 48.5 Å². The van der Waals surface area contributed by atoms with Crippen LogP contribution < -0.4 is 50.0 Å². The zero-order chi connectivity index (χ0) is 48.4. The smallest absolute Gasteiger partial charge is 0.323 e. The van der Waals surface area contributed by atoms with Gasteiger partial charge in [0.25, 0.3) is 20.0 Å². The van der Waals surface area contributed by atoms with Crippen LogP contribution in [0.3, 0.4) is 0 Å². The molecule has 6 aromatic carbocycles. The summed E-state index contributed by atoms with van der Waals surface area (Å²) in [6.45, 7) is 2.90. The molecule has 6 N–H and O–H groups in total. The summed E-state index contributed by atoms with van der Waals surface area (Å²) in [6.07, 6.45) is 6.54. The van der Waals surface area contributed by atoms with Crippen LogP contribution in [-0.4, -0.2) is 69.3 Å². The molecule has 0 bridgehead atoms. The largest absolute Gasteiger partial charge is 0.495 e. The monoisotopic (exact) mass is 972 g/mol. The molecule has 2 aliphatic rings. The van der Waals surface area contributed by atoms with E-state index in [2.05, 4.69) is 40.5 Å². The van der Waals surface area contributed by atoms with Crippen molar-refractivity contribution in [2.45, 2.75) is 54.7 Å². The molecule has 69 heavy (non-hydrogen) atoms. The van der Waals surface area contributed by atoms with Crippen LogP contribution in [0, 0.1) is 0 Å². The first-order valence-corrected chi connectivity index (χ1v) is 25.8. The van der Waals surface area contributed by atoms with Crippen molar-refractivity contribution in [3.05, 3.63) is 145 Å². The normalized spacial score (nSPS) is 14.0. The Bertz CT molecular complexity index is 2790. The Balaban J connectivity index is 0.876. The molecular formula is C51H56N8O8S2. The maximum Gasteiger partial charge on any atom is 0.323 e. The van der Waals surface area contributed by atoms with Crippen molar-refractivity contribution >= 4 is 77.6 Å². The number of nitrogens with one attached hydrogen (secondary N) is 6. The number of piperidine rings is 2. The van der Waals surface area contributed by atoms with Crippen molar-refractivity contribution in [2.75, 3.05) is 80.9 Å². The number of amides is 4. The lowest BCUT2D eigenvalue weighted by Gasteiger charge is -2.30. The third-order valence-electron chi connectivity index (χ3n) is 11.9. The van der Waals surface area contributed by atoms with Crippen molar-refractivity contribution < 1.29 is 35.9 Å². The molecule has 360 valence electrons. The molecule has 0 radical (unpaired) electrons. The SMILES string of the molecule is COc1ccccc1NS(=O)(=O)c1cc(NC(=O)Nc2ccc(Cc3ccc(NC(=O)Nc4ccc(N5CCCCC5)c(S(=O)(=O)Nc5ccccc5OC)c4)cc3)cc2)ccc1N1CCCCC1. The molecule has 4 amide bonds. The number of ether oxygens (including phenoxy) is 2. The number of urea groups is 2. The molecule has 0 saturated carbocycles. The first kappa shape index (κ1) is 48.0. The Morgan fingerprint density at radius 3 is 1.19 bits per heavy atom. The van der Waals surface area contributed by atoms with E-state index in [1.807, 2.05) is 24.3 Å². The van der Waals surface area contributed by atoms with Gasteiger partial charge in [0.1, 0.15) is 21.3 Å². The number of hydrogen-bond donors (Lipinski definition) is 6. The van der Waals surface area contributed by atoms with Gasteiger partial charge < -0.3 is 40.5 Å². The molecule has 2 fully saturated rings. The molecule has 2 heterocycles. The molecule has 0 aromatic heterocycles. The van der Waals surface area contributed by atoms with Crippen LogP contribution in [0.15, 0.2) is 143 Å². The standard InChI is InChI=1S/C51H56N8O8S2/c1-66-46-15-7-5-13-42(46)56-68(62,63)48-34-40(25-27-44(48)58-29-9-3-10-30-58)54-50(60)52-38-21-17-36(18-22-38)33-37-19-23-39(24-20-37)53-51(61)55-41-26-28-45(59-31-11-4-12-32-59)49(35-41)69(64,65)57-43-14-6-8-16-47(43)67-2/h5-8,13-28,34-35,56-57H,3-4,9-12,29-33H2,1-2H3,(H2,52,54,60)(H2,53,55,61). The number of para-hydroxylation sites is 4. The van der Waals surface area contributed by atoms with Gasteiger partial charge in [0.05, 0.1) is 37.0 Å². The highest BCUT2D eigenvalue weighted by Gasteiger charge is 2.27. The van der Waals surface area contributed by atoms with E-state index in [-0.39, 0.29) is 9.79 Å². The number of hydrogen-bond acceptors (Lipinski definition) is 10. The topological polar surface area (TPSA) is 200 Å². The zero-order valence-electron chi connectivity index (χ0n) is 38.5. The second-order valence-corrected chi connectivity index (χ2v) is 20.1. The van der Waals surface area contributed by atoms with Gasteiger partial charge in [-0.3, -0.25) is 9.44 Å². The van der Waals surface area contributed by atoms with Crippen molar-refractivity contribution in [1.29, 1.82) is 0 Å². The Morgan fingerprint density at radius 1 is 0.464 bits per heavy atom. The summed E-state index contributed by atoms with van der Waals surface area (Å²) in [5.41, 5.74) is 5.37. The lowest BCUT2D eigenvalue weighted by atomic mass is 10.0. The van der Waals surface area contributed by atoms with Crippen LogP contribution in [0.5, 0.6) is 11.5 Å². The highest BCUT2D eigenvalue weighted by atomic mass is 32.2. The predicted octanol–water partition coefficient (Wildman–Crippen LogP) is 10.2. The fourth-order valence-corrected chi connectivity index (χ4v) is 11.1. The van der Waals surface area contributed by atoms with Gasteiger partial charge in [0.15, 0.2) is 0 Å². The van der Waals surface area contributed by atoms with Gasteiger partial charge in [0, 0.05) is 48.9 Å². The quantitative estimate of drug-likeness (QED) is 0.0542.